The molecule has 0 aromatic heterocycles. The third kappa shape index (κ3) is 4.02. The molecule has 0 fully saturated rings. The van der Waals surface area contributed by atoms with Crippen molar-refractivity contribution in [1.29, 1.82) is 0 Å². The fraction of sp³-hybridized carbons (Fsp3) is 0.118. The fourth-order valence-electron chi connectivity index (χ4n) is 1.99. The lowest BCUT2D eigenvalue weighted by atomic mass is 10.1. The zero-order valence-corrected chi connectivity index (χ0v) is 11.7. The van der Waals surface area contributed by atoms with E-state index in [1.807, 2.05) is 6.07 Å². The van der Waals surface area contributed by atoms with Crippen LogP contribution in [0.2, 0.25) is 0 Å². The van der Waals surface area contributed by atoms with E-state index in [0.29, 0.717) is 0 Å². The Kier molecular flexibility index (Phi) is 5.03. The average Bonchev–Trinajstić information content (AvgIpc) is 2.55. The highest BCUT2D eigenvalue weighted by Crippen LogP contribution is 2.05. The van der Waals surface area contributed by atoms with Crippen molar-refractivity contribution in [3.8, 4) is 0 Å². The van der Waals surface area contributed by atoms with Gasteiger partial charge in [-0.05, 0) is 5.56 Å². The highest BCUT2D eigenvalue weighted by molar-refractivity contribution is 6.43. The minimum Gasteiger partial charge on any atom is -0.480 e. The first-order valence-corrected chi connectivity index (χ1v) is 6.75. The normalized spacial score (nSPS) is 11.5. The maximum atomic E-state index is 12.0. The van der Waals surface area contributed by atoms with Crippen LogP contribution < -0.4 is 5.32 Å². The number of carboxylic acids is 1. The lowest BCUT2D eigenvalue weighted by Gasteiger charge is -2.14. The number of ketones is 1. The first-order chi connectivity index (χ1) is 10.6. The quantitative estimate of drug-likeness (QED) is 0.627. The molecule has 0 aliphatic heterocycles. The van der Waals surface area contributed by atoms with E-state index in [2.05, 4.69) is 5.32 Å². The van der Waals surface area contributed by atoms with E-state index in [1.165, 1.54) is 12.1 Å². The van der Waals surface area contributed by atoms with Gasteiger partial charge in [0.05, 0.1) is 0 Å². The van der Waals surface area contributed by atoms with Gasteiger partial charge in [-0.3, -0.25) is 9.59 Å². The lowest BCUT2D eigenvalue weighted by Crippen LogP contribution is -2.45. The maximum absolute atomic E-state index is 12.0. The molecule has 0 unspecified atom stereocenters. The molecule has 0 aliphatic rings. The molecule has 2 rings (SSSR count). The first-order valence-electron chi connectivity index (χ1n) is 6.75. The number of hydrogen-bond acceptors (Lipinski definition) is 3. The molecule has 5 heteroatoms. The van der Waals surface area contributed by atoms with E-state index in [4.69, 9.17) is 0 Å². The number of carbonyl (C=O) groups excluding carboxylic acids is 2. The Hall–Kier alpha value is -2.95. The second kappa shape index (κ2) is 7.17. The number of Topliss-reactive ketones (excluding diaryl/α,β-unsaturated/α-hetero) is 1. The molecule has 0 saturated carbocycles. The van der Waals surface area contributed by atoms with Gasteiger partial charge >= 0.3 is 5.97 Å². The molecule has 0 heterocycles. The van der Waals surface area contributed by atoms with E-state index in [9.17, 15) is 19.5 Å². The monoisotopic (exact) mass is 297 g/mol. The first kappa shape index (κ1) is 15.4. The van der Waals surface area contributed by atoms with E-state index in [1.54, 1.807) is 42.5 Å². The van der Waals surface area contributed by atoms with Crippen molar-refractivity contribution in [3.05, 3.63) is 71.8 Å². The van der Waals surface area contributed by atoms with Crippen molar-refractivity contribution in [2.75, 3.05) is 0 Å². The molecule has 5 nitrogen and oxygen atoms in total. The average molecular weight is 297 g/mol. The molecule has 112 valence electrons. The maximum Gasteiger partial charge on any atom is 0.326 e. The van der Waals surface area contributed by atoms with Gasteiger partial charge < -0.3 is 10.4 Å². The molecule has 0 aliphatic carbocycles. The summed E-state index contributed by atoms with van der Waals surface area (Å²) in [5, 5.41) is 11.5. The fourth-order valence-corrected chi connectivity index (χ4v) is 1.99. The summed E-state index contributed by atoms with van der Waals surface area (Å²) in [5.74, 6) is -2.85. The summed E-state index contributed by atoms with van der Waals surface area (Å²) in [6, 6.07) is 15.8. The number of benzene rings is 2. The van der Waals surface area contributed by atoms with Gasteiger partial charge in [0, 0.05) is 12.0 Å². The van der Waals surface area contributed by atoms with Crippen LogP contribution in [0.5, 0.6) is 0 Å². The Balaban J connectivity index is 2.06. The number of aliphatic carboxylic acids is 1. The molecule has 22 heavy (non-hydrogen) atoms. The smallest absolute Gasteiger partial charge is 0.326 e. The van der Waals surface area contributed by atoms with Crippen LogP contribution in [-0.4, -0.2) is 28.8 Å². The topological polar surface area (TPSA) is 83.5 Å². The second-order valence-electron chi connectivity index (χ2n) is 4.75. The van der Waals surface area contributed by atoms with E-state index < -0.39 is 23.7 Å². The zero-order chi connectivity index (χ0) is 15.9. The molecular weight excluding hydrogens is 282 g/mol. The molecule has 0 radical (unpaired) electrons. The SMILES string of the molecule is O=C(N[C@@H](Cc1ccccc1)C(=O)O)C(=O)c1ccccc1. The van der Waals surface area contributed by atoms with Crippen LogP contribution in [0.1, 0.15) is 15.9 Å². The highest BCUT2D eigenvalue weighted by atomic mass is 16.4. The van der Waals surface area contributed by atoms with Gasteiger partial charge in [-0.15, -0.1) is 0 Å². The van der Waals surface area contributed by atoms with Crippen LogP contribution in [0, 0.1) is 0 Å². The van der Waals surface area contributed by atoms with Crippen LogP contribution in [0.25, 0.3) is 0 Å². The van der Waals surface area contributed by atoms with Gasteiger partial charge in [-0.25, -0.2) is 4.79 Å². The number of carboxylic acid groups (broad SMARTS) is 1. The molecule has 2 N–H and O–H groups in total. The van der Waals surface area contributed by atoms with Crippen LogP contribution in [-0.2, 0) is 16.0 Å². The van der Waals surface area contributed by atoms with E-state index in [0.717, 1.165) is 5.56 Å². The summed E-state index contributed by atoms with van der Waals surface area (Å²) in [4.78, 5) is 35.1. The third-order valence-corrected chi connectivity index (χ3v) is 3.13. The second-order valence-corrected chi connectivity index (χ2v) is 4.75. The summed E-state index contributed by atoms with van der Waals surface area (Å²) in [7, 11) is 0. The molecule has 2 aromatic rings. The number of hydrogen-bond donors (Lipinski definition) is 2. The van der Waals surface area contributed by atoms with Gasteiger partial charge in [0.2, 0.25) is 5.78 Å². The van der Waals surface area contributed by atoms with Crippen molar-refractivity contribution in [1.82, 2.24) is 5.32 Å². The number of carbonyl (C=O) groups is 3. The van der Waals surface area contributed by atoms with Crippen molar-refractivity contribution < 1.29 is 19.5 Å². The molecular formula is C17H15NO4. The van der Waals surface area contributed by atoms with Crippen LogP contribution in [0.4, 0.5) is 0 Å². The van der Waals surface area contributed by atoms with Crippen molar-refractivity contribution >= 4 is 17.7 Å². The Labute approximate surface area is 127 Å². The predicted octanol–water partition coefficient (Wildman–Crippen LogP) is 1.68. The van der Waals surface area contributed by atoms with Crippen LogP contribution >= 0.6 is 0 Å². The Morgan fingerprint density at radius 2 is 1.45 bits per heavy atom. The predicted molar refractivity (Wildman–Crippen MR) is 80.5 cm³/mol. The lowest BCUT2D eigenvalue weighted by molar-refractivity contribution is -0.141. The minimum absolute atomic E-state index is 0.115. The van der Waals surface area contributed by atoms with Gasteiger partial charge in [0.1, 0.15) is 6.04 Å². The van der Waals surface area contributed by atoms with Crippen LogP contribution in [0.15, 0.2) is 60.7 Å². The summed E-state index contributed by atoms with van der Waals surface area (Å²) in [6.07, 6.45) is 0.115. The minimum atomic E-state index is -1.18. The van der Waals surface area contributed by atoms with Crippen LogP contribution in [0.3, 0.4) is 0 Å². The molecule has 0 saturated heterocycles. The Bertz CT molecular complexity index is 668. The van der Waals surface area contributed by atoms with Crippen molar-refractivity contribution in [2.24, 2.45) is 0 Å². The van der Waals surface area contributed by atoms with Crippen molar-refractivity contribution in [2.45, 2.75) is 12.5 Å². The summed E-state index contributed by atoms with van der Waals surface area (Å²) in [5.41, 5.74) is 0.992. The van der Waals surface area contributed by atoms with Gasteiger partial charge in [-0.2, -0.15) is 0 Å². The van der Waals surface area contributed by atoms with Crippen molar-refractivity contribution in [3.63, 3.8) is 0 Å². The van der Waals surface area contributed by atoms with Gasteiger partial charge in [0.15, 0.2) is 0 Å². The zero-order valence-electron chi connectivity index (χ0n) is 11.7. The molecule has 0 spiro atoms. The Morgan fingerprint density at radius 1 is 0.909 bits per heavy atom. The molecule has 1 atom stereocenters. The highest BCUT2D eigenvalue weighted by Gasteiger charge is 2.24. The Morgan fingerprint density at radius 3 is 2.00 bits per heavy atom. The standard InChI is InChI=1S/C17H15NO4/c19-15(13-9-5-2-6-10-13)16(20)18-14(17(21)22)11-12-7-3-1-4-8-12/h1-10,14H,11H2,(H,18,20)(H,21,22)/t14-/m0/s1. The molecule has 1 amide bonds. The number of rotatable bonds is 6. The summed E-state index contributed by atoms with van der Waals surface area (Å²) in [6.45, 7) is 0. The summed E-state index contributed by atoms with van der Waals surface area (Å²) >= 11 is 0. The van der Waals surface area contributed by atoms with Gasteiger partial charge in [0.25, 0.3) is 5.91 Å². The molecule has 0 bridgehead atoms. The summed E-state index contributed by atoms with van der Waals surface area (Å²) < 4.78 is 0. The number of nitrogens with one attached hydrogen (secondary N) is 1. The van der Waals surface area contributed by atoms with E-state index >= 15 is 0 Å². The van der Waals surface area contributed by atoms with Gasteiger partial charge in [-0.1, -0.05) is 60.7 Å². The largest absolute Gasteiger partial charge is 0.480 e. The number of amides is 1. The van der Waals surface area contributed by atoms with E-state index in [-0.39, 0.29) is 12.0 Å². The third-order valence-electron chi connectivity index (χ3n) is 3.13. The molecule has 2 aromatic carbocycles.